The van der Waals surface area contributed by atoms with E-state index in [0.29, 0.717) is 11.7 Å². The molecule has 1 amide bonds. The highest BCUT2D eigenvalue weighted by Crippen LogP contribution is 2.18. The summed E-state index contributed by atoms with van der Waals surface area (Å²) in [6.07, 6.45) is -0.640. The van der Waals surface area contributed by atoms with Gasteiger partial charge in [-0.05, 0) is 40.3 Å². The van der Waals surface area contributed by atoms with Crippen LogP contribution in [0.25, 0.3) is 10.8 Å². The SMILES string of the molecule is CC(C)SCCC(N)C(O)C(=O)NNc1ccc2ccccc2c1. The number of hydrazine groups is 1. The zero-order valence-electron chi connectivity index (χ0n) is 14.0. The number of aliphatic hydroxyl groups excluding tert-OH is 1. The van der Waals surface area contributed by atoms with Gasteiger partial charge in [0.15, 0.2) is 0 Å². The topological polar surface area (TPSA) is 87.4 Å². The summed E-state index contributed by atoms with van der Waals surface area (Å²) in [5, 5.41) is 12.7. The summed E-state index contributed by atoms with van der Waals surface area (Å²) >= 11 is 1.76. The van der Waals surface area contributed by atoms with E-state index in [1.165, 1.54) is 0 Å². The van der Waals surface area contributed by atoms with Gasteiger partial charge in [0.1, 0.15) is 6.10 Å². The Kier molecular flexibility index (Phi) is 6.90. The molecule has 2 rings (SSSR count). The number of anilines is 1. The summed E-state index contributed by atoms with van der Waals surface area (Å²) in [7, 11) is 0. The largest absolute Gasteiger partial charge is 0.382 e. The van der Waals surface area contributed by atoms with Crippen LogP contribution in [0, 0.1) is 0 Å². The van der Waals surface area contributed by atoms with Gasteiger partial charge in [-0.25, -0.2) is 0 Å². The van der Waals surface area contributed by atoms with E-state index in [-0.39, 0.29) is 0 Å². The van der Waals surface area contributed by atoms with Crippen molar-refractivity contribution in [3.63, 3.8) is 0 Å². The molecule has 5 nitrogen and oxygen atoms in total. The van der Waals surface area contributed by atoms with Crippen LogP contribution < -0.4 is 16.6 Å². The molecule has 0 fully saturated rings. The number of fused-ring (bicyclic) bond motifs is 1. The van der Waals surface area contributed by atoms with Crippen LogP contribution in [0.5, 0.6) is 0 Å². The van der Waals surface area contributed by atoms with Crippen LogP contribution in [0.4, 0.5) is 5.69 Å². The van der Waals surface area contributed by atoms with Crippen molar-refractivity contribution in [3.8, 4) is 0 Å². The second-order valence-corrected chi connectivity index (χ2v) is 7.68. The van der Waals surface area contributed by atoms with Gasteiger partial charge in [0.05, 0.1) is 5.69 Å². The van der Waals surface area contributed by atoms with Crippen LogP contribution >= 0.6 is 11.8 Å². The number of amides is 1. The molecule has 2 aromatic rings. The maximum Gasteiger partial charge on any atom is 0.268 e. The molecular weight excluding hydrogens is 322 g/mol. The number of nitrogens with one attached hydrogen (secondary N) is 2. The first-order valence-electron chi connectivity index (χ1n) is 8.07. The van der Waals surface area contributed by atoms with Gasteiger partial charge < -0.3 is 10.8 Å². The number of thioether (sulfide) groups is 1. The first kappa shape index (κ1) is 18.6. The van der Waals surface area contributed by atoms with Gasteiger partial charge in [-0.1, -0.05) is 44.2 Å². The summed E-state index contributed by atoms with van der Waals surface area (Å²) in [6.45, 7) is 4.21. The quantitative estimate of drug-likeness (QED) is 0.551. The van der Waals surface area contributed by atoms with Gasteiger partial charge in [-0.3, -0.25) is 15.6 Å². The fourth-order valence-electron chi connectivity index (χ4n) is 2.27. The molecule has 0 aliphatic carbocycles. The summed E-state index contributed by atoms with van der Waals surface area (Å²) in [5.74, 6) is 0.298. The monoisotopic (exact) mass is 347 g/mol. The van der Waals surface area contributed by atoms with E-state index in [1.54, 1.807) is 11.8 Å². The molecule has 0 aliphatic heterocycles. The van der Waals surface area contributed by atoms with E-state index in [0.717, 1.165) is 22.2 Å². The number of carbonyl (C=O) groups is 1. The Bertz CT molecular complexity index is 678. The molecule has 0 saturated carbocycles. The average molecular weight is 347 g/mol. The zero-order chi connectivity index (χ0) is 17.5. The van der Waals surface area contributed by atoms with Gasteiger partial charge in [0.25, 0.3) is 5.91 Å². The summed E-state index contributed by atoms with van der Waals surface area (Å²) in [4.78, 5) is 12.0. The maximum absolute atomic E-state index is 12.0. The molecule has 2 aromatic carbocycles. The highest BCUT2D eigenvalue weighted by Gasteiger charge is 2.22. The first-order chi connectivity index (χ1) is 11.5. The number of rotatable bonds is 8. The standard InChI is InChI=1S/C18H25N3O2S/c1-12(2)24-10-9-16(19)17(22)18(23)21-20-15-8-7-13-5-3-4-6-14(13)11-15/h3-8,11-12,16-17,20,22H,9-10,19H2,1-2H3,(H,21,23). The minimum absolute atomic E-state index is 0.512. The van der Waals surface area contributed by atoms with Crippen LogP contribution in [-0.2, 0) is 4.79 Å². The predicted octanol–water partition coefficient (Wildman–Crippen LogP) is 2.50. The normalized spacial score (nSPS) is 13.7. The van der Waals surface area contributed by atoms with Crippen LogP contribution in [0.3, 0.4) is 0 Å². The van der Waals surface area contributed by atoms with Crippen molar-refractivity contribution in [2.45, 2.75) is 37.7 Å². The Morgan fingerprint density at radius 3 is 2.62 bits per heavy atom. The van der Waals surface area contributed by atoms with E-state index in [4.69, 9.17) is 5.73 Å². The van der Waals surface area contributed by atoms with Crippen molar-refractivity contribution in [2.24, 2.45) is 5.73 Å². The minimum Gasteiger partial charge on any atom is -0.382 e. The van der Waals surface area contributed by atoms with Crippen molar-refractivity contribution in [3.05, 3.63) is 42.5 Å². The lowest BCUT2D eigenvalue weighted by Crippen LogP contribution is -2.48. The molecule has 6 heteroatoms. The number of nitrogens with two attached hydrogens (primary N) is 1. The molecular formula is C18H25N3O2S. The number of benzene rings is 2. The Morgan fingerprint density at radius 2 is 1.92 bits per heavy atom. The van der Waals surface area contributed by atoms with E-state index >= 15 is 0 Å². The summed E-state index contributed by atoms with van der Waals surface area (Å²) in [6, 6.07) is 13.2. The molecule has 2 unspecified atom stereocenters. The van der Waals surface area contributed by atoms with Crippen LogP contribution in [0.2, 0.25) is 0 Å². The van der Waals surface area contributed by atoms with E-state index in [1.807, 2.05) is 42.5 Å². The highest BCUT2D eigenvalue weighted by atomic mass is 32.2. The highest BCUT2D eigenvalue weighted by molar-refractivity contribution is 7.99. The van der Waals surface area contributed by atoms with Crippen LogP contribution in [0.1, 0.15) is 20.3 Å². The molecule has 5 N–H and O–H groups in total. The second-order valence-electron chi connectivity index (χ2n) is 5.99. The van der Waals surface area contributed by atoms with E-state index in [2.05, 4.69) is 24.7 Å². The van der Waals surface area contributed by atoms with Crippen molar-refractivity contribution < 1.29 is 9.90 Å². The molecule has 0 aliphatic rings. The van der Waals surface area contributed by atoms with Crippen molar-refractivity contribution in [2.75, 3.05) is 11.2 Å². The number of carbonyl (C=O) groups excluding carboxylic acids is 1. The average Bonchev–Trinajstić information content (AvgIpc) is 2.58. The van der Waals surface area contributed by atoms with Gasteiger partial charge in [0.2, 0.25) is 0 Å². The summed E-state index contributed by atoms with van der Waals surface area (Å²) < 4.78 is 0. The van der Waals surface area contributed by atoms with Crippen LogP contribution in [-0.4, -0.2) is 34.2 Å². The van der Waals surface area contributed by atoms with E-state index in [9.17, 15) is 9.90 Å². The van der Waals surface area contributed by atoms with Gasteiger partial charge in [0, 0.05) is 6.04 Å². The Balaban J connectivity index is 1.84. The summed E-state index contributed by atoms with van der Waals surface area (Å²) in [5.41, 5.74) is 12.0. The molecule has 0 aromatic heterocycles. The van der Waals surface area contributed by atoms with Gasteiger partial charge in [-0.2, -0.15) is 11.8 Å². The molecule has 0 radical (unpaired) electrons. The lowest BCUT2D eigenvalue weighted by Gasteiger charge is -2.19. The third kappa shape index (κ3) is 5.40. The van der Waals surface area contributed by atoms with E-state index < -0.39 is 18.1 Å². The van der Waals surface area contributed by atoms with Crippen molar-refractivity contribution >= 4 is 34.1 Å². The molecule has 0 saturated heterocycles. The molecule has 0 spiro atoms. The second kappa shape index (κ2) is 8.92. The molecule has 24 heavy (non-hydrogen) atoms. The lowest BCUT2D eigenvalue weighted by molar-refractivity contribution is -0.129. The molecule has 0 bridgehead atoms. The number of hydrogen-bond acceptors (Lipinski definition) is 5. The Hall–Kier alpha value is -1.76. The predicted molar refractivity (Wildman–Crippen MR) is 102 cm³/mol. The fourth-order valence-corrected chi connectivity index (χ4v) is 3.15. The minimum atomic E-state index is -1.23. The maximum atomic E-state index is 12.0. The molecule has 0 heterocycles. The third-order valence-electron chi connectivity index (χ3n) is 3.66. The third-order valence-corrected chi connectivity index (χ3v) is 4.79. The molecule has 130 valence electrons. The van der Waals surface area contributed by atoms with Gasteiger partial charge >= 0.3 is 0 Å². The lowest BCUT2D eigenvalue weighted by atomic mass is 10.1. The fraction of sp³-hybridized carbons (Fsp3) is 0.389. The van der Waals surface area contributed by atoms with Crippen molar-refractivity contribution in [1.82, 2.24) is 5.43 Å². The van der Waals surface area contributed by atoms with Gasteiger partial charge in [-0.15, -0.1) is 0 Å². The first-order valence-corrected chi connectivity index (χ1v) is 9.12. The van der Waals surface area contributed by atoms with Crippen molar-refractivity contribution in [1.29, 1.82) is 0 Å². The number of aliphatic hydroxyl groups is 1. The number of hydrogen-bond donors (Lipinski definition) is 4. The Labute approximate surface area is 147 Å². The smallest absolute Gasteiger partial charge is 0.268 e. The molecule has 2 atom stereocenters. The Morgan fingerprint density at radius 1 is 1.21 bits per heavy atom. The van der Waals surface area contributed by atoms with Crippen LogP contribution in [0.15, 0.2) is 42.5 Å². The zero-order valence-corrected chi connectivity index (χ0v) is 14.8.